The molecule has 2 unspecified atom stereocenters. The van der Waals surface area contributed by atoms with Crippen LogP contribution < -0.4 is 10.1 Å². The van der Waals surface area contributed by atoms with E-state index < -0.39 is 12.0 Å². The van der Waals surface area contributed by atoms with E-state index in [9.17, 15) is 4.79 Å². The molecule has 2 rings (SSSR count). The second kappa shape index (κ2) is 5.16. The van der Waals surface area contributed by atoms with Gasteiger partial charge in [0.05, 0.1) is 19.8 Å². The molecule has 1 aromatic carbocycles. The molecule has 2 N–H and O–H groups in total. The molecule has 1 saturated heterocycles. The first kappa shape index (κ1) is 11.9. The average molecular weight is 237 g/mol. The standard InChI is InChI=1S/C12H15NO4/c1-16-9-4-2-8(3-5-9)11-6-13-10(7-17-11)12(14)15/h2-5,10-11,13H,6-7H2,1H3,(H,14,15). The zero-order valence-corrected chi connectivity index (χ0v) is 9.55. The van der Waals surface area contributed by atoms with Crippen LogP contribution in [0.1, 0.15) is 11.7 Å². The molecule has 5 heteroatoms. The number of ether oxygens (including phenoxy) is 2. The number of hydrogen-bond donors (Lipinski definition) is 2. The summed E-state index contributed by atoms with van der Waals surface area (Å²) in [6.45, 7) is 0.690. The van der Waals surface area contributed by atoms with E-state index in [1.54, 1.807) is 7.11 Å². The lowest BCUT2D eigenvalue weighted by molar-refractivity contribution is -0.144. The van der Waals surface area contributed by atoms with Crippen molar-refractivity contribution in [2.75, 3.05) is 20.3 Å². The number of morpholine rings is 1. The fourth-order valence-corrected chi connectivity index (χ4v) is 1.77. The van der Waals surface area contributed by atoms with Gasteiger partial charge in [0.15, 0.2) is 0 Å². The van der Waals surface area contributed by atoms with Crippen molar-refractivity contribution < 1.29 is 19.4 Å². The Morgan fingerprint density at radius 1 is 1.47 bits per heavy atom. The molecule has 0 spiro atoms. The number of nitrogens with one attached hydrogen (secondary N) is 1. The Labute approximate surface area is 99.3 Å². The van der Waals surface area contributed by atoms with Crippen LogP contribution in [0.15, 0.2) is 24.3 Å². The molecule has 0 bridgehead atoms. The molecule has 1 aliphatic heterocycles. The lowest BCUT2D eigenvalue weighted by Crippen LogP contribution is -2.47. The van der Waals surface area contributed by atoms with Crippen molar-refractivity contribution in [1.82, 2.24) is 5.32 Å². The van der Waals surface area contributed by atoms with Crippen LogP contribution in [-0.2, 0) is 9.53 Å². The molecule has 5 nitrogen and oxygen atoms in total. The highest BCUT2D eigenvalue weighted by molar-refractivity contribution is 5.73. The minimum atomic E-state index is -0.877. The van der Waals surface area contributed by atoms with Gasteiger partial charge < -0.3 is 14.6 Å². The summed E-state index contributed by atoms with van der Waals surface area (Å²) in [5.41, 5.74) is 1.02. The predicted molar refractivity (Wildman–Crippen MR) is 61.1 cm³/mol. The minimum absolute atomic E-state index is 0.100. The topological polar surface area (TPSA) is 67.8 Å². The maximum Gasteiger partial charge on any atom is 0.323 e. The van der Waals surface area contributed by atoms with Crippen molar-refractivity contribution in [2.24, 2.45) is 0 Å². The Morgan fingerprint density at radius 3 is 2.65 bits per heavy atom. The van der Waals surface area contributed by atoms with Crippen molar-refractivity contribution in [2.45, 2.75) is 12.1 Å². The molecule has 2 atom stereocenters. The summed E-state index contributed by atoms with van der Waals surface area (Å²) in [5.74, 6) is -0.0842. The number of carbonyl (C=O) groups is 1. The first-order valence-electron chi connectivity index (χ1n) is 5.42. The monoisotopic (exact) mass is 237 g/mol. The smallest absolute Gasteiger partial charge is 0.323 e. The van der Waals surface area contributed by atoms with Gasteiger partial charge in [-0.25, -0.2) is 0 Å². The molecule has 1 fully saturated rings. The quantitative estimate of drug-likeness (QED) is 0.814. The van der Waals surface area contributed by atoms with Gasteiger partial charge in [0.2, 0.25) is 0 Å². The van der Waals surface area contributed by atoms with E-state index in [1.807, 2.05) is 24.3 Å². The van der Waals surface area contributed by atoms with Crippen LogP contribution in [0.4, 0.5) is 0 Å². The summed E-state index contributed by atoms with van der Waals surface area (Å²) >= 11 is 0. The first-order valence-corrected chi connectivity index (χ1v) is 5.42. The largest absolute Gasteiger partial charge is 0.497 e. The summed E-state index contributed by atoms with van der Waals surface area (Å²) in [4.78, 5) is 10.7. The first-order chi connectivity index (χ1) is 8.20. The molecular formula is C12H15NO4. The Morgan fingerprint density at radius 2 is 2.18 bits per heavy atom. The van der Waals surface area contributed by atoms with Gasteiger partial charge in [-0.05, 0) is 17.7 Å². The van der Waals surface area contributed by atoms with Gasteiger partial charge >= 0.3 is 5.97 Å². The van der Waals surface area contributed by atoms with Crippen LogP contribution in [0, 0.1) is 0 Å². The summed E-state index contributed by atoms with van der Waals surface area (Å²) in [6, 6.07) is 6.96. The van der Waals surface area contributed by atoms with Gasteiger partial charge in [-0.2, -0.15) is 0 Å². The Balaban J connectivity index is 1.97. The van der Waals surface area contributed by atoms with Crippen LogP contribution in [0.5, 0.6) is 5.75 Å². The van der Waals surface area contributed by atoms with Gasteiger partial charge in [0, 0.05) is 6.54 Å². The van der Waals surface area contributed by atoms with Crippen LogP contribution in [0.3, 0.4) is 0 Å². The molecule has 1 aliphatic rings. The highest BCUT2D eigenvalue weighted by atomic mass is 16.5. The van der Waals surface area contributed by atoms with Gasteiger partial charge in [-0.15, -0.1) is 0 Å². The number of benzene rings is 1. The van der Waals surface area contributed by atoms with E-state index in [4.69, 9.17) is 14.6 Å². The van der Waals surface area contributed by atoms with E-state index in [-0.39, 0.29) is 12.7 Å². The van der Waals surface area contributed by atoms with Gasteiger partial charge in [-0.1, -0.05) is 12.1 Å². The summed E-state index contributed by atoms with van der Waals surface area (Å²) in [5, 5.41) is 11.7. The fraction of sp³-hybridized carbons (Fsp3) is 0.417. The molecule has 92 valence electrons. The number of hydrogen-bond acceptors (Lipinski definition) is 4. The van der Waals surface area contributed by atoms with Crippen molar-refractivity contribution in [3.63, 3.8) is 0 Å². The Kier molecular flexibility index (Phi) is 3.61. The van der Waals surface area contributed by atoms with Gasteiger partial charge in [-0.3, -0.25) is 10.1 Å². The van der Waals surface area contributed by atoms with Crippen molar-refractivity contribution in [3.8, 4) is 5.75 Å². The van der Waals surface area contributed by atoms with Crippen LogP contribution >= 0.6 is 0 Å². The third-order valence-electron chi connectivity index (χ3n) is 2.80. The summed E-state index contributed by atoms with van der Waals surface area (Å²) in [7, 11) is 1.62. The summed E-state index contributed by atoms with van der Waals surface area (Å²) in [6.07, 6.45) is -0.100. The van der Waals surface area contributed by atoms with E-state index in [0.29, 0.717) is 6.54 Å². The SMILES string of the molecule is COc1ccc(C2CNC(C(=O)O)CO2)cc1. The Hall–Kier alpha value is -1.59. The zero-order valence-electron chi connectivity index (χ0n) is 9.55. The van der Waals surface area contributed by atoms with Crippen LogP contribution in [-0.4, -0.2) is 37.4 Å². The second-order valence-corrected chi connectivity index (χ2v) is 3.89. The molecule has 1 aromatic rings. The van der Waals surface area contributed by atoms with E-state index in [1.165, 1.54) is 0 Å². The predicted octanol–water partition coefficient (Wildman–Crippen LogP) is 0.809. The normalized spacial score (nSPS) is 24.3. The third kappa shape index (κ3) is 2.75. The van der Waals surface area contributed by atoms with Crippen molar-refractivity contribution in [1.29, 1.82) is 0 Å². The molecule has 17 heavy (non-hydrogen) atoms. The summed E-state index contributed by atoms with van der Waals surface area (Å²) < 4.78 is 10.6. The molecular weight excluding hydrogens is 222 g/mol. The third-order valence-corrected chi connectivity index (χ3v) is 2.80. The maximum atomic E-state index is 10.7. The van der Waals surface area contributed by atoms with Crippen LogP contribution in [0.25, 0.3) is 0 Å². The number of carboxylic acid groups (broad SMARTS) is 1. The molecule has 0 aliphatic carbocycles. The van der Waals surface area contributed by atoms with E-state index >= 15 is 0 Å². The van der Waals surface area contributed by atoms with E-state index in [0.717, 1.165) is 11.3 Å². The number of rotatable bonds is 3. The second-order valence-electron chi connectivity index (χ2n) is 3.89. The van der Waals surface area contributed by atoms with Crippen molar-refractivity contribution in [3.05, 3.63) is 29.8 Å². The zero-order chi connectivity index (χ0) is 12.3. The highest BCUT2D eigenvalue weighted by Gasteiger charge is 2.26. The van der Waals surface area contributed by atoms with E-state index in [2.05, 4.69) is 5.32 Å². The highest BCUT2D eigenvalue weighted by Crippen LogP contribution is 2.22. The fourth-order valence-electron chi connectivity index (χ4n) is 1.77. The molecule has 0 amide bonds. The number of carboxylic acids is 1. The van der Waals surface area contributed by atoms with Gasteiger partial charge in [0.1, 0.15) is 11.8 Å². The molecule has 0 saturated carbocycles. The Bertz CT molecular complexity index is 382. The molecule has 0 aromatic heterocycles. The number of aliphatic carboxylic acids is 1. The molecule has 1 heterocycles. The lowest BCUT2D eigenvalue weighted by atomic mass is 10.1. The lowest BCUT2D eigenvalue weighted by Gasteiger charge is -2.28. The minimum Gasteiger partial charge on any atom is -0.497 e. The molecule has 0 radical (unpaired) electrons. The maximum absolute atomic E-state index is 10.7. The van der Waals surface area contributed by atoms with Gasteiger partial charge in [0.25, 0.3) is 0 Å². The average Bonchev–Trinajstić information content (AvgIpc) is 2.39. The van der Waals surface area contributed by atoms with Crippen LogP contribution in [0.2, 0.25) is 0 Å². The van der Waals surface area contributed by atoms with Crippen molar-refractivity contribution >= 4 is 5.97 Å². The number of methoxy groups -OCH3 is 1.